The molecule has 0 bridgehead atoms. The Kier molecular flexibility index (Phi) is 3.04. The number of rotatable bonds is 4. The molecule has 0 saturated heterocycles. The van der Waals surface area contributed by atoms with Crippen molar-refractivity contribution in [2.24, 2.45) is 0 Å². The first kappa shape index (κ1) is 10.2. The molecule has 1 heterocycles. The van der Waals surface area contributed by atoms with Gasteiger partial charge in [-0.25, -0.2) is 0 Å². The number of hydrogen-bond donors (Lipinski definition) is 3. The van der Waals surface area contributed by atoms with Crippen molar-refractivity contribution in [1.29, 1.82) is 0 Å². The van der Waals surface area contributed by atoms with Gasteiger partial charge in [-0.15, -0.1) is 0 Å². The predicted octanol–water partition coefficient (Wildman–Crippen LogP) is 1.64. The predicted molar refractivity (Wildman–Crippen MR) is 61.7 cm³/mol. The molecule has 1 aromatic heterocycles. The molecule has 0 radical (unpaired) electrons. The van der Waals surface area contributed by atoms with Crippen LogP contribution < -0.4 is 5.32 Å². The third-order valence-electron chi connectivity index (χ3n) is 2.59. The van der Waals surface area contributed by atoms with Gasteiger partial charge in [0.15, 0.2) is 0 Å². The van der Waals surface area contributed by atoms with Gasteiger partial charge in [-0.2, -0.15) is 0 Å². The van der Waals surface area contributed by atoms with Crippen molar-refractivity contribution in [3.8, 4) is 0 Å². The lowest BCUT2D eigenvalue weighted by atomic mass is 10.1. The fourth-order valence-corrected chi connectivity index (χ4v) is 1.65. The van der Waals surface area contributed by atoms with Gasteiger partial charge >= 0.3 is 0 Å². The number of aliphatic hydroxyl groups is 1. The highest BCUT2D eigenvalue weighted by molar-refractivity contribution is 5.82. The van der Waals surface area contributed by atoms with Gasteiger partial charge in [-0.05, 0) is 23.9 Å². The zero-order chi connectivity index (χ0) is 10.7. The minimum absolute atomic E-state index is 0.134. The van der Waals surface area contributed by atoms with Crippen LogP contribution in [0, 0.1) is 0 Å². The smallest absolute Gasteiger partial charge is 0.0582 e. The second kappa shape index (κ2) is 4.47. The number of hydrogen-bond acceptors (Lipinski definition) is 2. The van der Waals surface area contributed by atoms with E-state index in [1.54, 1.807) is 0 Å². The number of para-hydroxylation sites is 1. The second-order valence-corrected chi connectivity index (χ2v) is 3.82. The van der Waals surface area contributed by atoms with Gasteiger partial charge in [0.25, 0.3) is 0 Å². The first-order chi connectivity index (χ1) is 7.31. The Bertz CT molecular complexity index is 436. The molecule has 0 aliphatic heterocycles. The summed E-state index contributed by atoms with van der Waals surface area (Å²) < 4.78 is 0. The maximum Gasteiger partial charge on any atom is 0.0582 e. The van der Waals surface area contributed by atoms with E-state index in [0.717, 1.165) is 6.54 Å². The number of nitrogens with one attached hydrogen (secondary N) is 2. The molecular weight excluding hydrogens is 188 g/mol. The molecule has 3 heteroatoms. The number of H-pyrrole nitrogens is 1. The van der Waals surface area contributed by atoms with Crippen molar-refractivity contribution >= 4 is 10.9 Å². The zero-order valence-electron chi connectivity index (χ0n) is 8.83. The van der Waals surface area contributed by atoms with Crippen molar-refractivity contribution in [1.82, 2.24) is 10.3 Å². The van der Waals surface area contributed by atoms with Crippen LogP contribution >= 0.6 is 0 Å². The Balaban J connectivity index is 2.17. The van der Waals surface area contributed by atoms with Crippen LogP contribution in [0.1, 0.15) is 12.5 Å². The highest BCUT2D eigenvalue weighted by atomic mass is 16.3. The largest absolute Gasteiger partial charge is 0.395 e. The Labute approximate surface area is 89.1 Å². The third kappa shape index (κ3) is 2.19. The summed E-state index contributed by atoms with van der Waals surface area (Å²) in [5.41, 5.74) is 2.41. The summed E-state index contributed by atoms with van der Waals surface area (Å²) in [4.78, 5) is 3.23. The maximum absolute atomic E-state index is 8.92. The molecular formula is C12H16N2O. The molecule has 0 fully saturated rings. The molecule has 1 aromatic carbocycles. The SMILES string of the molecule is C[C@@H](CO)NCc1cccc2cc[nH]c12. The fraction of sp³-hybridized carbons (Fsp3) is 0.333. The summed E-state index contributed by atoms with van der Waals surface area (Å²) in [7, 11) is 0. The molecule has 0 aliphatic carbocycles. The van der Waals surface area contributed by atoms with Crippen LogP contribution in [0.25, 0.3) is 10.9 Å². The van der Waals surface area contributed by atoms with E-state index in [-0.39, 0.29) is 12.6 Å². The summed E-state index contributed by atoms with van der Waals surface area (Å²) >= 11 is 0. The summed E-state index contributed by atoms with van der Waals surface area (Å²) in [5, 5.41) is 13.4. The monoisotopic (exact) mass is 204 g/mol. The van der Waals surface area contributed by atoms with E-state index >= 15 is 0 Å². The molecule has 0 saturated carbocycles. The van der Waals surface area contributed by atoms with Crippen LogP contribution in [0.5, 0.6) is 0 Å². The van der Waals surface area contributed by atoms with Crippen molar-refractivity contribution in [3.05, 3.63) is 36.0 Å². The maximum atomic E-state index is 8.92. The van der Waals surface area contributed by atoms with Gasteiger partial charge in [0.2, 0.25) is 0 Å². The molecule has 1 atom stereocenters. The van der Waals surface area contributed by atoms with E-state index < -0.39 is 0 Å². The summed E-state index contributed by atoms with van der Waals surface area (Å²) in [5.74, 6) is 0. The average Bonchev–Trinajstić information content (AvgIpc) is 2.74. The molecule has 2 aromatic rings. The van der Waals surface area contributed by atoms with Crippen LogP contribution in [0.15, 0.2) is 30.5 Å². The van der Waals surface area contributed by atoms with Gasteiger partial charge in [0.1, 0.15) is 0 Å². The summed E-state index contributed by atoms with van der Waals surface area (Å²) in [6.07, 6.45) is 1.95. The van der Waals surface area contributed by atoms with Crippen LogP contribution in [-0.4, -0.2) is 22.7 Å². The first-order valence-electron chi connectivity index (χ1n) is 5.20. The van der Waals surface area contributed by atoms with E-state index in [9.17, 15) is 0 Å². The molecule has 2 rings (SSSR count). The van der Waals surface area contributed by atoms with Crippen LogP contribution in [-0.2, 0) is 6.54 Å². The minimum atomic E-state index is 0.134. The molecule has 80 valence electrons. The highest BCUT2D eigenvalue weighted by Gasteiger charge is 2.03. The van der Waals surface area contributed by atoms with Crippen LogP contribution in [0.3, 0.4) is 0 Å². The molecule has 0 spiro atoms. The topological polar surface area (TPSA) is 48.0 Å². The Morgan fingerprint density at radius 3 is 3.07 bits per heavy atom. The second-order valence-electron chi connectivity index (χ2n) is 3.82. The molecule has 3 nitrogen and oxygen atoms in total. The standard InChI is InChI=1S/C12H16N2O/c1-9(8-15)14-7-11-4-2-3-10-5-6-13-12(10)11/h2-6,9,13-15H,7-8H2,1H3/t9-/m0/s1. The van der Waals surface area contributed by atoms with Crippen LogP contribution in [0.4, 0.5) is 0 Å². The number of aromatic amines is 1. The first-order valence-corrected chi connectivity index (χ1v) is 5.20. The zero-order valence-corrected chi connectivity index (χ0v) is 8.83. The molecule has 15 heavy (non-hydrogen) atoms. The van der Waals surface area contributed by atoms with Gasteiger partial charge in [-0.1, -0.05) is 18.2 Å². The minimum Gasteiger partial charge on any atom is -0.395 e. The van der Waals surface area contributed by atoms with Gasteiger partial charge in [0.05, 0.1) is 6.61 Å². The molecule has 0 unspecified atom stereocenters. The number of aliphatic hydroxyl groups excluding tert-OH is 1. The third-order valence-corrected chi connectivity index (χ3v) is 2.59. The number of aromatic nitrogens is 1. The Morgan fingerprint density at radius 2 is 2.27 bits per heavy atom. The van der Waals surface area contributed by atoms with Crippen molar-refractivity contribution in [3.63, 3.8) is 0 Å². The van der Waals surface area contributed by atoms with Gasteiger partial charge < -0.3 is 15.4 Å². The molecule has 3 N–H and O–H groups in total. The van der Waals surface area contributed by atoms with Crippen LogP contribution in [0.2, 0.25) is 0 Å². The summed E-state index contributed by atoms with van der Waals surface area (Å²) in [6, 6.07) is 8.43. The van der Waals surface area contributed by atoms with Gasteiger partial charge in [0, 0.05) is 24.3 Å². The number of fused-ring (bicyclic) bond motifs is 1. The van der Waals surface area contributed by atoms with Crippen molar-refractivity contribution < 1.29 is 5.11 Å². The average molecular weight is 204 g/mol. The fourth-order valence-electron chi connectivity index (χ4n) is 1.65. The van der Waals surface area contributed by atoms with E-state index in [1.807, 2.05) is 13.1 Å². The normalized spacial score (nSPS) is 13.2. The van der Waals surface area contributed by atoms with E-state index in [0.29, 0.717) is 0 Å². The van der Waals surface area contributed by atoms with E-state index in [4.69, 9.17) is 5.11 Å². The molecule has 0 amide bonds. The lowest BCUT2D eigenvalue weighted by Gasteiger charge is -2.11. The Morgan fingerprint density at radius 1 is 1.40 bits per heavy atom. The Hall–Kier alpha value is -1.32. The summed E-state index contributed by atoms with van der Waals surface area (Å²) in [6.45, 7) is 2.91. The highest BCUT2D eigenvalue weighted by Crippen LogP contribution is 2.16. The molecule has 0 aliphatic rings. The van der Waals surface area contributed by atoms with Gasteiger partial charge in [-0.3, -0.25) is 0 Å². The lowest BCUT2D eigenvalue weighted by Crippen LogP contribution is -2.28. The van der Waals surface area contributed by atoms with Crippen molar-refractivity contribution in [2.75, 3.05) is 6.61 Å². The van der Waals surface area contributed by atoms with Crippen molar-refractivity contribution in [2.45, 2.75) is 19.5 Å². The van der Waals surface area contributed by atoms with E-state index in [2.05, 4.69) is 34.6 Å². The lowest BCUT2D eigenvalue weighted by molar-refractivity contribution is 0.251. The van der Waals surface area contributed by atoms with E-state index in [1.165, 1.54) is 16.5 Å². The number of benzene rings is 1. The quantitative estimate of drug-likeness (QED) is 0.709.